The normalized spacial score (nSPS) is 15.8. The molecule has 2 aromatic rings. The fraction of sp³-hybridized carbons (Fsp3) is 0.400. The zero-order chi connectivity index (χ0) is 18.7. The van der Waals surface area contributed by atoms with Gasteiger partial charge >= 0.3 is 0 Å². The first-order valence-corrected chi connectivity index (χ1v) is 8.54. The van der Waals surface area contributed by atoms with Gasteiger partial charge in [0.25, 0.3) is 0 Å². The molecule has 0 radical (unpaired) electrons. The summed E-state index contributed by atoms with van der Waals surface area (Å²) in [5, 5.41) is 2.31. The van der Waals surface area contributed by atoms with Crippen LogP contribution in [0.1, 0.15) is 22.7 Å². The van der Waals surface area contributed by atoms with Crippen molar-refractivity contribution in [2.24, 2.45) is 0 Å². The number of hydrogen-bond acceptors (Lipinski definition) is 5. The van der Waals surface area contributed by atoms with Crippen LogP contribution in [-0.4, -0.2) is 42.1 Å². The van der Waals surface area contributed by atoms with E-state index in [2.05, 4.69) is 17.4 Å². The molecular formula is C20H26NO5+. The third-order valence-electron chi connectivity index (χ3n) is 4.84. The Morgan fingerprint density at radius 1 is 0.731 bits per heavy atom. The van der Waals surface area contributed by atoms with E-state index in [1.807, 2.05) is 12.1 Å². The van der Waals surface area contributed by atoms with Crippen LogP contribution in [0.4, 0.5) is 0 Å². The van der Waals surface area contributed by atoms with E-state index >= 15 is 0 Å². The molecule has 0 aliphatic carbocycles. The van der Waals surface area contributed by atoms with E-state index < -0.39 is 0 Å². The van der Waals surface area contributed by atoms with Gasteiger partial charge in [-0.2, -0.15) is 0 Å². The van der Waals surface area contributed by atoms with E-state index in [1.165, 1.54) is 11.1 Å². The van der Waals surface area contributed by atoms with E-state index in [0.29, 0.717) is 17.2 Å². The van der Waals surface area contributed by atoms with Crippen molar-refractivity contribution in [3.05, 3.63) is 41.0 Å². The van der Waals surface area contributed by atoms with Crippen LogP contribution in [0.3, 0.4) is 0 Å². The minimum Gasteiger partial charge on any atom is -0.493 e. The van der Waals surface area contributed by atoms with Gasteiger partial charge in [-0.1, -0.05) is 0 Å². The average Bonchev–Trinajstić information content (AvgIpc) is 2.70. The molecule has 0 saturated carbocycles. The van der Waals surface area contributed by atoms with Crippen LogP contribution in [-0.2, 0) is 6.42 Å². The van der Waals surface area contributed by atoms with Crippen LogP contribution in [0, 0.1) is 0 Å². The molecule has 1 heterocycles. The monoisotopic (exact) mass is 360 g/mol. The van der Waals surface area contributed by atoms with Crippen LogP contribution >= 0.6 is 0 Å². The van der Waals surface area contributed by atoms with Crippen molar-refractivity contribution >= 4 is 0 Å². The fourth-order valence-corrected chi connectivity index (χ4v) is 3.57. The smallest absolute Gasteiger partial charge is 0.203 e. The largest absolute Gasteiger partial charge is 0.493 e. The number of methoxy groups -OCH3 is 5. The van der Waals surface area contributed by atoms with Gasteiger partial charge in [-0.25, -0.2) is 0 Å². The number of hydrogen-bond donors (Lipinski definition) is 1. The molecule has 0 spiro atoms. The van der Waals surface area contributed by atoms with Gasteiger partial charge < -0.3 is 29.0 Å². The maximum absolute atomic E-state index is 5.52. The van der Waals surface area contributed by atoms with Gasteiger partial charge in [-0.15, -0.1) is 0 Å². The van der Waals surface area contributed by atoms with E-state index in [0.717, 1.165) is 30.0 Å². The number of quaternary nitrogens is 1. The van der Waals surface area contributed by atoms with Gasteiger partial charge in [0.15, 0.2) is 23.0 Å². The minimum atomic E-state index is 0.118. The summed E-state index contributed by atoms with van der Waals surface area (Å²) in [6.45, 7) is 0.990. The first-order chi connectivity index (χ1) is 12.7. The molecule has 2 N–H and O–H groups in total. The summed E-state index contributed by atoms with van der Waals surface area (Å²) in [5.74, 6) is 3.41. The summed E-state index contributed by atoms with van der Waals surface area (Å²) in [4.78, 5) is 0. The van der Waals surface area contributed by atoms with Crippen LogP contribution < -0.4 is 29.0 Å². The Kier molecular flexibility index (Phi) is 5.42. The van der Waals surface area contributed by atoms with Crippen molar-refractivity contribution in [1.29, 1.82) is 0 Å². The lowest BCUT2D eigenvalue weighted by Gasteiger charge is -2.26. The Bertz CT molecular complexity index is 765. The predicted molar refractivity (Wildman–Crippen MR) is 98.0 cm³/mol. The van der Waals surface area contributed by atoms with Gasteiger partial charge in [0.05, 0.1) is 42.1 Å². The summed E-state index contributed by atoms with van der Waals surface area (Å²) in [7, 11) is 8.20. The predicted octanol–water partition coefficient (Wildman–Crippen LogP) is 1.94. The van der Waals surface area contributed by atoms with Gasteiger partial charge in [0.2, 0.25) is 5.75 Å². The quantitative estimate of drug-likeness (QED) is 0.853. The Labute approximate surface area is 154 Å². The zero-order valence-corrected chi connectivity index (χ0v) is 15.9. The van der Waals surface area contributed by atoms with Crippen LogP contribution in [0.15, 0.2) is 24.3 Å². The van der Waals surface area contributed by atoms with E-state index in [4.69, 9.17) is 23.7 Å². The van der Waals surface area contributed by atoms with E-state index in [-0.39, 0.29) is 6.04 Å². The lowest BCUT2D eigenvalue weighted by Crippen LogP contribution is -2.87. The number of ether oxygens (including phenoxy) is 5. The SMILES string of the molecule is COc1cc2c(cc1OC)[C@@H](c1cc(OC)c(OC)c(OC)c1)[NH2+]CC2. The number of fused-ring (bicyclic) bond motifs is 1. The van der Waals surface area contributed by atoms with Crippen molar-refractivity contribution in [3.8, 4) is 28.7 Å². The molecule has 2 aromatic carbocycles. The summed E-state index contributed by atoms with van der Waals surface area (Å²) >= 11 is 0. The molecule has 0 bridgehead atoms. The topological polar surface area (TPSA) is 62.8 Å². The second kappa shape index (κ2) is 7.74. The summed E-state index contributed by atoms with van der Waals surface area (Å²) in [5.41, 5.74) is 3.57. The van der Waals surface area contributed by atoms with Crippen molar-refractivity contribution in [1.82, 2.24) is 0 Å². The van der Waals surface area contributed by atoms with Crippen molar-refractivity contribution < 1.29 is 29.0 Å². The average molecular weight is 360 g/mol. The second-order valence-corrected chi connectivity index (χ2v) is 6.12. The number of nitrogens with two attached hydrogens (primary N) is 1. The van der Waals surface area contributed by atoms with Crippen molar-refractivity contribution in [2.45, 2.75) is 12.5 Å². The minimum absolute atomic E-state index is 0.118. The molecule has 3 rings (SSSR count). The number of benzene rings is 2. The highest BCUT2D eigenvalue weighted by atomic mass is 16.5. The first kappa shape index (κ1) is 18.2. The fourth-order valence-electron chi connectivity index (χ4n) is 3.57. The van der Waals surface area contributed by atoms with Crippen LogP contribution in [0.2, 0.25) is 0 Å². The third kappa shape index (κ3) is 3.12. The molecule has 0 amide bonds. The molecule has 6 heteroatoms. The summed E-state index contributed by atoms with van der Waals surface area (Å²) in [6.07, 6.45) is 0.983. The van der Waals surface area contributed by atoms with E-state index in [1.54, 1.807) is 35.5 Å². The summed E-state index contributed by atoms with van der Waals surface area (Å²) in [6, 6.07) is 8.28. The molecule has 6 nitrogen and oxygen atoms in total. The van der Waals surface area contributed by atoms with Crippen molar-refractivity contribution in [3.63, 3.8) is 0 Å². The highest BCUT2D eigenvalue weighted by Gasteiger charge is 2.29. The lowest BCUT2D eigenvalue weighted by atomic mass is 9.89. The van der Waals surface area contributed by atoms with Gasteiger partial charge in [0, 0.05) is 17.5 Å². The maximum atomic E-state index is 5.52. The third-order valence-corrected chi connectivity index (χ3v) is 4.84. The van der Waals surface area contributed by atoms with E-state index in [9.17, 15) is 0 Å². The Balaban J connectivity index is 2.12. The molecule has 26 heavy (non-hydrogen) atoms. The second-order valence-electron chi connectivity index (χ2n) is 6.12. The Morgan fingerprint density at radius 3 is 1.85 bits per heavy atom. The van der Waals surface area contributed by atoms with Crippen LogP contribution in [0.25, 0.3) is 0 Å². The molecule has 0 aromatic heterocycles. The molecule has 0 saturated heterocycles. The Morgan fingerprint density at radius 2 is 1.31 bits per heavy atom. The molecule has 0 unspecified atom stereocenters. The standard InChI is InChI=1S/C20H25NO5/c1-22-15-8-12-6-7-21-19(14(12)11-16(15)23-2)13-9-17(24-3)20(26-5)18(10-13)25-4/h8-11,19,21H,6-7H2,1-5H3/p+1/t19-/m1/s1. The molecule has 0 fully saturated rings. The van der Waals surface area contributed by atoms with Gasteiger partial charge in [-0.05, 0) is 29.8 Å². The molecule has 1 aliphatic rings. The molecular weight excluding hydrogens is 334 g/mol. The first-order valence-electron chi connectivity index (χ1n) is 8.54. The summed E-state index contributed by atoms with van der Waals surface area (Å²) < 4.78 is 27.4. The Hall–Kier alpha value is -2.60. The van der Waals surface area contributed by atoms with Crippen LogP contribution in [0.5, 0.6) is 28.7 Å². The molecule has 1 atom stereocenters. The molecule has 1 aliphatic heterocycles. The highest BCUT2D eigenvalue weighted by Crippen LogP contribution is 2.42. The van der Waals surface area contributed by atoms with Gasteiger partial charge in [-0.3, -0.25) is 0 Å². The van der Waals surface area contributed by atoms with Crippen molar-refractivity contribution in [2.75, 3.05) is 42.1 Å². The maximum Gasteiger partial charge on any atom is 0.203 e. The van der Waals surface area contributed by atoms with Gasteiger partial charge in [0.1, 0.15) is 6.04 Å². The molecule has 140 valence electrons. The zero-order valence-electron chi connectivity index (χ0n) is 15.9. The number of rotatable bonds is 6. The lowest BCUT2D eigenvalue weighted by molar-refractivity contribution is -0.690. The highest BCUT2D eigenvalue weighted by molar-refractivity contribution is 5.57.